The van der Waals surface area contributed by atoms with Crippen molar-refractivity contribution >= 4 is 28.6 Å². The van der Waals surface area contributed by atoms with Gasteiger partial charge in [-0.3, -0.25) is 14.4 Å². The molecule has 0 aliphatic heterocycles. The van der Waals surface area contributed by atoms with Crippen molar-refractivity contribution in [2.24, 2.45) is 4.99 Å². The molecule has 0 unspecified atom stereocenters. The van der Waals surface area contributed by atoms with Crippen LogP contribution in [0.15, 0.2) is 82.6 Å². The molecule has 0 saturated carbocycles. The molecule has 0 saturated heterocycles. The monoisotopic (exact) mass is 428 g/mol. The highest BCUT2D eigenvalue weighted by molar-refractivity contribution is 6.03. The standard InChI is InChI=1S/C25H20N2O5/c1-32-17-12-10-16(11-13-17)15-27-23(28)19-7-3-2-6-18(19)21(24(27)29)14-26-22-9-5-4-8-20(22)25(30)31/h2-14,29H,15H2,1H3,(H,30,31). The fourth-order valence-electron chi connectivity index (χ4n) is 3.50. The lowest BCUT2D eigenvalue weighted by Gasteiger charge is -2.14. The van der Waals surface area contributed by atoms with Crippen molar-refractivity contribution in [3.05, 3.63) is 99.8 Å². The lowest BCUT2D eigenvalue weighted by molar-refractivity contribution is 0.0698. The highest BCUT2D eigenvalue weighted by Crippen LogP contribution is 2.26. The molecule has 4 aromatic rings. The predicted molar refractivity (Wildman–Crippen MR) is 123 cm³/mol. The minimum absolute atomic E-state index is 0.0408. The Morgan fingerprint density at radius 1 is 1.00 bits per heavy atom. The third kappa shape index (κ3) is 3.96. The number of fused-ring (bicyclic) bond motifs is 1. The van der Waals surface area contributed by atoms with Crippen molar-refractivity contribution < 1.29 is 19.7 Å². The molecule has 160 valence electrons. The lowest BCUT2D eigenvalue weighted by atomic mass is 10.1. The molecule has 4 rings (SSSR count). The summed E-state index contributed by atoms with van der Waals surface area (Å²) < 4.78 is 6.44. The van der Waals surface area contributed by atoms with Gasteiger partial charge in [0.05, 0.1) is 30.5 Å². The molecule has 3 aromatic carbocycles. The van der Waals surface area contributed by atoms with Crippen LogP contribution in [0.2, 0.25) is 0 Å². The van der Waals surface area contributed by atoms with Crippen LogP contribution in [-0.2, 0) is 6.54 Å². The first kappa shape index (κ1) is 20.9. The number of pyridine rings is 1. The third-order valence-corrected chi connectivity index (χ3v) is 5.16. The topological polar surface area (TPSA) is 101 Å². The molecule has 0 aliphatic rings. The van der Waals surface area contributed by atoms with Crippen LogP contribution in [-0.4, -0.2) is 34.1 Å². The van der Waals surface area contributed by atoms with Gasteiger partial charge in [0.2, 0.25) is 5.88 Å². The fraction of sp³-hybridized carbons (Fsp3) is 0.0800. The summed E-state index contributed by atoms with van der Waals surface area (Å²) in [4.78, 5) is 28.9. The number of benzene rings is 3. The number of methoxy groups -OCH3 is 1. The Morgan fingerprint density at radius 3 is 2.34 bits per heavy atom. The molecular formula is C25H20N2O5. The van der Waals surface area contributed by atoms with Crippen LogP contribution in [0.3, 0.4) is 0 Å². The van der Waals surface area contributed by atoms with E-state index < -0.39 is 5.97 Å². The maximum atomic E-state index is 13.1. The minimum atomic E-state index is -1.10. The van der Waals surface area contributed by atoms with Gasteiger partial charge in [0.1, 0.15) is 5.75 Å². The van der Waals surface area contributed by atoms with E-state index in [2.05, 4.69) is 4.99 Å². The van der Waals surface area contributed by atoms with Gasteiger partial charge in [0.15, 0.2) is 0 Å². The second kappa shape index (κ2) is 8.77. The summed E-state index contributed by atoms with van der Waals surface area (Å²) in [6.45, 7) is 0.145. The first-order valence-corrected chi connectivity index (χ1v) is 9.83. The predicted octanol–water partition coefficient (Wildman–Crippen LogP) is 4.21. The van der Waals surface area contributed by atoms with E-state index in [0.717, 1.165) is 5.56 Å². The number of hydrogen-bond donors (Lipinski definition) is 2. The summed E-state index contributed by atoms with van der Waals surface area (Å²) in [5.74, 6) is -0.661. The molecule has 1 aromatic heterocycles. The second-order valence-electron chi connectivity index (χ2n) is 7.10. The van der Waals surface area contributed by atoms with Gasteiger partial charge in [0.25, 0.3) is 5.56 Å². The van der Waals surface area contributed by atoms with Gasteiger partial charge in [-0.1, -0.05) is 42.5 Å². The molecule has 0 spiro atoms. The number of carboxylic acids is 1. The Bertz CT molecular complexity index is 1390. The van der Waals surface area contributed by atoms with E-state index in [1.807, 2.05) is 12.1 Å². The van der Waals surface area contributed by atoms with Crippen molar-refractivity contribution in [3.63, 3.8) is 0 Å². The zero-order chi connectivity index (χ0) is 22.7. The molecule has 0 aliphatic carbocycles. The molecule has 7 nitrogen and oxygen atoms in total. The summed E-state index contributed by atoms with van der Waals surface area (Å²) in [6.07, 6.45) is 1.39. The highest BCUT2D eigenvalue weighted by Gasteiger charge is 2.16. The quantitative estimate of drug-likeness (QED) is 0.448. The van der Waals surface area contributed by atoms with Crippen LogP contribution in [0.5, 0.6) is 11.6 Å². The molecule has 1 heterocycles. The molecule has 32 heavy (non-hydrogen) atoms. The zero-order valence-corrected chi connectivity index (χ0v) is 17.2. The summed E-state index contributed by atoms with van der Waals surface area (Å²) in [5.41, 5.74) is 1.08. The largest absolute Gasteiger partial charge is 0.497 e. The Morgan fingerprint density at radius 2 is 1.66 bits per heavy atom. The van der Waals surface area contributed by atoms with Gasteiger partial charge < -0.3 is 14.9 Å². The first-order valence-electron chi connectivity index (χ1n) is 9.83. The van der Waals surface area contributed by atoms with Gasteiger partial charge in [-0.25, -0.2) is 4.79 Å². The average molecular weight is 428 g/mol. The number of hydrogen-bond acceptors (Lipinski definition) is 5. The lowest BCUT2D eigenvalue weighted by Crippen LogP contribution is -2.22. The maximum absolute atomic E-state index is 13.1. The Hall–Kier alpha value is -4.39. The van der Waals surface area contributed by atoms with E-state index in [0.29, 0.717) is 22.1 Å². The average Bonchev–Trinajstić information content (AvgIpc) is 2.82. The van der Waals surface area contributed by atoms with E-state index in [1.54, 1.807) is 61.7 Å². The third-order valence-electron chi connectivity index (χ3n) is 5.16. The number of carboxylic acid groups (broad SMARTS) is 1. The van der Waals surface area contributed by atoms with Crippen LogP contribution in [0.25, 0.3) is 10.8 Å². The van der Waals surface area contributed by atoms with E-state index in [9.17, 15) is 19.8 Å². The molecule has 0 bridgehead atoms. The normalized spacial score (nSPS) is 11.2. The van der Waals surface area contributed by atoms with Crippen LogP contribution in [0, 0.1) is 0 Å². The Balaban J connectivity index is 1.85. The van der Waals surface area contributed by atoms with Gasteiger partial charge in [-0.15, -0.1) is 0 Å². The summed E-state index contributed by atoms with van der Waals surface area (Å²) in [6, 6.07) is 20.4. The van der Waals surface area contributed by atoms with Gasteiger partial charge in [-0.2, -0.15) is 0 Å². The second-order valence-corrected chi connectivity index (χ2v) is 7.10. The number of carbonyl (C=O) groups is 1. The Labute approximate surface area is 183 Å². The summed E-state index contributed by atoms with van der Waals surface area (Å²) in [7, 11) is 1.57. The number of nitrogens with zero attached hydrogens (tertiary/aromatic N) is 2. The van der Waals surface area contributed by atoms with Crippen molar-refractivity contribution in [2.75, 3.05) is 7.11 Å². The number of aromatic carboxylic acids is 1. The van der Waals surface area contributed by atoms with E-state index >= 15 is 0 Å². The smallest absolute Gasteiger partial charge is 0.337 e. The SMILES string of the molecule is COc1ccc(Cn2c(O)c(C=Nc3ccccc3C(=O)O)c3ccccc3c2=O)cc1. The maximum Gasteiger partial charge on any atom is 0.337 e. The minimum Gasteiger partial charge on any atom is -0.497 e. The van der Waals surface area contributed by atoms with Crippen LogP contribution in [0.1, 0.15) is 21.5 Å². The Kier molecular flexibility index (Phi) is 5.72. The van der Waals surface area contributed by atoms with Crippen molar-refractivity contribution in [3.8, 4) is 11.6 Å². The molecule has 0 atom stereocenters. The van der Waals surface area contributed by atoms with Gasteiger partial charge in [0, 0.05) is 17.0 Å². The van der Waals surface area contributed by atoms with Gasteiger partial charge in [-0.05, 0) is 35.9 Å². The van der Waals surface area contributed by atoms with Crippen LogP contribution in [0.4, 0.5) is 5.69 Å². The van der Waals surface area contributed by atoms with E-state index in [1.165, 1.54) is 16.8 Å². The van der Waals surface area contributed by atoms with Crippen LogP contribution >= 0.6 is 0 Å². The molecule has 0 radical (unpaired) electrons. The number of aromatic hydroxyl groups is 1. The number of aliphatic imine (C=N–C) groups is 1. The molecular weight excluding hydrogens is 408 g/mol. The molecule has 0 amide bonds. The number of para-hydroxylation sites is 1. The molecule has 2 N–H and O–H groups in total. The molecule has 7 heteroatoms. The zero-order valence-electron chi connectivity index (χ0n) is 17.2. The van der Waals surface area contributed by atoms with Crippen molar-refractivity contribution in [1.82, 2.24) is 4.57 Å². The first-order chi connectivity index (χ1) is 15.5. The van der Waals surface area contributed by atoms with E-state index in [4.69, 9.17) is 4.74 Å². The van der Waals surface area contributed by atoms with Gasteiger partial charge >= 0.3 is 5.97 Å². The number of aromatic nitrogens is 1. The van der Waals surface area contributed by atoms with Crippen molar-refractivity contribution in [2.45, 2.75) is 6.54 Å². The number of ether oxygens (including phenoxy) is 1. The van der Waals surface area contributed by atoms with Crippen LogP contribution < -0.4 is 10.3 Å². The number of rotatable bonds is 6. The summed E-state index contributed by atoms with van der Waals surface area (Å²) >= 11 is 0. The molecule has 0 fully saturated rings. The van der Waals surface area contributed by atoms with E-state index in [-0.39, 0.29) is 29.2 Å². The summed E-state index contributed by atoms with van der Waals surface area (Å²) in [5, 5.41) is 21.4. The van der Waals surface area contributed by atoms with Crippen molar-refractivity contribution in [1.29, 1.82) is 0 Å². The fourth-order valence-corrected chi connectivity index (χ4v) is 3.50. The highest BCUT2D eigenvalue weighted by atomic mass is 16.5.